The molecule has 0 aliphatic rings. The van der Waals surface area contributed by atoms with Gasteiger partial charge in [0.1, 0.15) is 11.4 Å². The topological polar surface area (TPSA) is 121 Å². The van der Waals surface area contributed by atoms with Crippen molar-refractivity contribution in [2.45, 2.75) is 22.5 Å². The Morgan fingerprint density at radius 1 is 0.971 bits per heavy atom. The second-order valence-corrected chi connectivity index (χ2v) is 11.8. The molecule has 14 heteroatoms. The number of halogens is 3. The highest BCUT2D eigenvalue weighted by atomic mass is 32.2. The second-order valence-electron chi connectivity index (χ2n) is 7.67. The Labute approximate surface area is 201 Å². The first kappa shape index (κ1) is 26.4. The Hall–Kier alpha value is -3.23. The maximum absolute atomic E-state index is 13.5. The number of hydrogen-bond donors (Lipinski definition) is 2. The Balaban J connectivity index is 1.90. The van der Waals surface area contributed by atoms with E-state index in [0.717, 1.165) is 10.6 Å². The first-order valence-corrected chi connectivity index (χ1v) is 13.3. The molecule has 0 bridgehead atoms. The zero-order chi connectivity index (χ0) is 26.0. The lowest BCUT2D eigenvalue weighted by Crippen LogP contribution is -2.22. The Morgan fingerprint density at radius 3 is 2.26 bits per heavy atom. The Morgan fingerprint density at radius 2 is 1.63 bits per heavy atom. The maximum Gasteiger partial charge on any atom is 0.421 e. The first-order valence-electron chi connectivity index (χ1n) is 9.94. The van der Waals surface area contributed by atoms with Crippen LogP contribution in [-0.4, -0.2) is 51.5 Å². The van der Waals surface area contributed by atoms with Gasteiger partial charge in [0.15, 0.2) is 9.84 Å². The largest absolute Gasteiger partial charge is 0.421 e. The monoisotopic (exact) mass is 529 g/mol. The molecule has 0 atom stereocenters. The average Bonchev–Trinajstić information content (AvgIpc) is 2.77. The van der Waals surface area contributed by atoms with E-state index in [-0.39, 0.29) is 28.0 Å². The van der Waals surface area contributed by atoms with Gasteiger partial charge >= 0.3 is 6.18 Å². The SMILES string of the molecule is CN(C)S(=O)(=O)c1cccc(Nc2ncc(C(F)(F)F)c(NCc3cccc(S(C)(=O)=O)c3)n2)c1. The molecule has 0 radical (unpaired) electrons. The van der Waals surface area contributed by atoms with E-state index in [1.807, 2.05) is 0 Å². The number of benzene rings is 2. The third-order valence-electron chi connectivity index (χ3n) is 4.75. The van der Waals surface area contributed by atoms with Gasteiger partial charge in [0, 0.05) is 38.8 Å². The number of rotatable bonds is 8. The molecule has 3 aromatic rings. The highest BCUT2D eigenvalue weighted by Gasteiger charge is 2.35. The molecular weight excluding hydrogens is 507 g/mol. The van der Waals surface area contributed by atoms with Crippen molar-refractivity contribution >= 4 is 37.3 Å². The van der Waals surface area contributed by atoms with Crippen LogP contribution in [0.25, 0.3) is 0 Å². The Kier molecular flexibility index (Phi) is 7.38. The maximum atomic E-state index is 13.5. The second kappa shape index (κ2) is 9.79. The van der Waals surface area contributed by atoms with Gasteiger partial charge in [-0.2, -0.15) is 18.2 Å². The van der Waals surface area contributed by atoms with E-state index in [0.29, 0.717) is 11.8 Å². The number of anilines is 3. The highest BCUT2D eigenvalue weighted by Crippen LogP contribution is 2.34. The van der Waals surface area contributed by atoms with Gasteiger partial charge in [-0.25, -0.2) is 26.1 Å². The molecule has 0 spiro atoms. The van der Waals surface area contributed by atoms with Crippen LogP contribution in [0, 0.1) is 0 Å². The van der Waals surface area contributed by atoms with Crippen LogP contribution in [0.5, 0.6) is 0 Å². The zero-order valence-corrected chi connectivity index (χ0v) is 20.5. The minimum atomic E-state index is -4.75. The van der Waals surface area contributed by atoms with Crippen molar-refractivity contribution in [1.82, 2.24) is 14.3 Å². The summed E-state index contributed by atoms with van der Waals surface area (Å²) in [5.74, 6) is -0.735. The summed E-state index contributed by atoms with van der Waals surface area (Å²) in [4.78, 5) is 7.63. The van der Waals surface area contributed by atoms with Gasteiger partial charge in [-0.15, -0.1) is 0 Å². The molecule has 2 aromatic carbocycles. The van der Waals surface area contributed by atoms with Crippen molar-refractivity contribution in [3.05, 3.63) is 65.9 Å². The predicted molar refractivity (Wildman–Crippen MR) is 125 cm³/mol. The van der Waals surface area contributed by atoms with Crippen LogP contribution in [-0.2, 0) is 32.6 Å². The summed E-state index contributed by atoms with van der Waals surface area (Å²) < 4.78 is 89.8. The molecule has 2 N–H and O–H groups in total. The molecule has 3 rings (SSSR count). The number of sulfone groups is 1. The zero-order valence-electron chi connectivity index (χ0n) is 18.8. The summed E-state index contributed by atoms with van der Waals surface area (Å²) in [6.07, 6.45) is -3.12. The van der Waals surface area contributed by atoms with E-state index >= 15 is 0 Å². The van der Waals surface area contributed by atoms with Crippen LogP contribution >= 0.6 is 0 Å². The molecule has 0 fully saturated rings. The predicted octanol–water partition coefficient (Wildman–Crippen LogP) is 3.50. The molecule has 0 unspecified atom stereocenters. The molecule has 0 aliphatic carbocycles. The Bertz CT molecular complexity index is 1440. The van der Waals surface area contributed by atoms with Crippen LogP contribution < -0.4 is 10.6 Å². The number of hydrogen-bond acceptors (Lipinski definition) is 8. The summed E-state index contributed by atoms with van der Waals surface area (Å²) in [5.41, 5.74) is -0.443. The molecule has 35 heavy (non-hydrogen) atoms. The third-order valence-corrected chi connectivity index (χ3v) is 7.67. The summed E-state index contributed by atoms with van der Waals surface area (Å²) in [6, 6.07) is 11.5. The summed E-state index contributed by atoms with van der Waals surface area (Å²) in [5, 5.41) is 5.29. The van der Waals surface area contributed by atoms with Crippen molar-refractivity contribution < 1.29 is 30.0 Å². The molecule has 1 heterocycles. The van der Waals surface area contributed by atoms with Gasteiger partial charge in [0.05, 0.1) is 9.79 Å². The summed E-state index contributed by atoms with van der Waals surface area (Å²) in [7, 11) is -4.47. The van der Waals surface area contributed by atoms with Crippen LogP contribution in [0.2, 0.25) is 0 Å². The van der Waals surface area contributed by atoms with Gasteiger partial charge in [-0.05, 0) is 35.9 Å². The van der Waals surface area contributed by atoms with E-state index < -0.39 is 37.4 Å². The minimum absolute atomic E-state index is 0.0245. The normalized spacial score (nSPS) is 12.5. The smallest absolute Gasteiger partial charge is 0.365 e. The number of aromatic nitrogens is 2. The van der Waals surface area contributed by atoms with E-state index in [1.54, 1.807) is 6.07 Å². The minimum Gasteiger partial charge on any atom is -0.365 e. The molecule has 0 amide bonds. The summed E-state index contributed by atoms with van der Waals surface area (Å²) in [6.45, 7) is -0.139. The lowest BCUT2D eigenvalue weighted by molar-refractivity contribution is -0.137. The number of nitrogens with zero attached hydrogens (tertiary/aromatic N) is 3. The van der Waals surface area contributed by atoms with E-state index in [9.17, 15) is 30.0 Å². The molecule has 9 nitrogen and oxygen atoms in total. The fourth-order valence-electron chi connectivity index (χ4n) is 2.93. The molecule has 0 saturated carbocycles. The number of sulfonamides is 1. The van der Waals surface area contributed by atoms with Crippen LogP contribution in [0.4, 0.5) is 30.6 Å². The van der Waals surface area contributed by atoms with Crippen molar-refractivity contribution in [1.29, 1.82) is 0 Å². The molecule has 0 saturated heterocycles. The van der Waals surface area contributed by atoms with E-state index in [2.05, 4.69) is 20.6 Å². The lowest BCUT2D eigenvalue weighted by atomic mass is 10.2. The molecule has 188 valence electrons. The lowest BCUT2D eigenvalue weighted by Gasteiger charge is -2.16. The molecular formula is C21H22F3N5O4S2. The molecule has 1 aromatic heterocycles. The van der Waals surface area contributed by atoms with Crippen LogP contribution in [0.1, 0.15) is 11.1 Å². The van der Waals surface area contributed by atoms with Crippen molar-refractivity contribution in [3.63, 3.8) is 0 Å². The number of nitrogens with one attached hydrogen (secondary N) is 2. The fourth-order valence-corrected chi connectivity index (χ4v) is 4.57. The van der Waals surface area contributed by atoms with E-state index in [1.165, 1.54) is 56.6 Å². The highest BCUT2D eigenvalue weighted by molar-refractivity contribution is 7.90. The van der Waals surface area contributed by atoms with Crippen molar-refractivity contribution in [2.75, 3.05) is 31.0 Å². The van der Waals surface area contributed by atoms with Crippen LogP contribution in [0.3, 0.4) is 0 Å². The van der Waals surface area contributed by atoms with Gasteiger partial charge < -0.3 is 10.6 Å². The number of alkyl halides is 3. The van der Waals surface area contributed by atoms with Crippen LogP contribution in [0.15, 0.2) is 64.5 Å². The van der Waals surface area contributed by atoms with Gasteiger partial charge in [-0.1, -0.05) is 18.2 Å². The van der Waals surface area contributed by atoms with Gasteiger partial charge in [0.2, 0.25) is 16.0 Å². The van der Waals surface area contributed by atoms with Crippen molar-refractivity contribution in [3.8, 4) is 0 Å². The quantitative estimate of drug-likeness (QED) is 0.455. The van der Waals surface area contributed by atoms with Gasteiger partial charge in [-0.3, -0.25) is 0 Å². The van der Waals surface area contributed by atoms with Crippen molar-refractivity contribution in [2.24, 2.45) is 0 Å². The summed E-state index contributed by atoms with van der Waals surface area (Å²) >= 11 is 0. The fraction of sp³-hybridized carbons (Fsp3) is 0.238. The molecule has 0 aliphatic heterocycles. The standard InChI is InChI=1S/C21H22F3N5O4S2/c1-29(2)35(32,33)17-9-5-7-15(11-17)27-20-26-13-18(21(22,23)24)19(28-20)25-12-14-6-4-8-16(10-14)34(3,30)31/h4-11,13H,12H2,1-3H3,(H2,25,26,27,28). The third kappa shape index (κ3) is 6.46. The average molecular weight is 530 g/mol. The van der Waals surface area contributed by atoms with Gasteiger partial charge in [0.25, 0.3) is 0 Å². The first-order chi connectivity index (χ1) is 16.2. The van der Waals surface area contributed by atoms with E-state index in [4.69, 9.17) is 0 Å².